The second kappa shape index (κ2) is 34.7. The number of hydrogen-bond acceptors (Lipinski definition) is 0. The Morgan fingerprint density at radius 2 is 0.389 bits per heavy atom. The molecular weight excluding hydrogens is 432 g/mol. The lowest BCUT2D eigenvalue weighted by Gasteiger charge is -2.04. The first-order chi connectivity index (χ1) is 17.9. The summed E-state index contributed by atoms with van der Waals surface area (Å²) in [6, 6.07) is 0. The fourth-order valence-electron chi connectivity index (χ4n) is 5.50. The summed E-state index contributed by atoms with van der Waals surface area (Å²) in [6.07, 6.45) is 51.4. The molecule has 0 rings (SSSR count). The molecule has 216 valence electrons. The summed E-state index contributed by atoms with van der Waals surface area (Å²) in [5.41, 5.74) is 0. The zero-order valence-electron chi connectivity index (χ0n) is 25.8. The molecule has 0 fully saturated rings. The molecule has 0 aliphatic heterocycles. The third-order valence-corrected chi connectivity index (χ3v) is 8.12. The highest BCUT2D eigenvalue weighted by Crippen LogP contribution is 2.16. The molecule has 0 aromatic rings. The highest BCUT2D eigenvalue weighted by Gasteiger charge is 1.96. The molecule has 0 unspecified atom stereocenters. The van der Waals surface area contributed by atoms with Crippen LogP contribution in [-0.2, 0) is 0 Å². The molecule has 0 aromatic carbocycles. The van der Waals surface area contributed by atoms with E-state index >= 15 is 0 Å². The largest absolute Gasteiger partial charge is 0.0885 e. The molecular formula is C36H72. The van der Waals surface area contributed by atoms with Crippen LogP contribution in [-0.4, -0.2) is 0 Å². The predicted octanol–water partition coefficient (Wildman–Crippen LogP) is 14.1. The van der Waals surface area contributed by atoms with Gasteiger partial charge in [-0.25, -0.2) is 0 Å². The van der Waals surface area contributed by atoms with Crippen LogP contribution >= 0.6 is 0 Å². The van der Waals surface area contributed by atoms with Crippen molar-refractivity contribution in [3.05, 3.63) is 12.2 Å². The molecule has 0 saturated carbocycles. The lowest BCUT2D eigenvalue weighted by molar-refractivity contribution is 0.517. The van der Waals surface area contributed by atoms with Gasteiger partial charge in [0, 0.05) is 0 Å². The Balaban J connectivity index is 3.05. The zero-order chi connectivity index (χ0) is 26.0. The van der Waals surface area contributed by atoms with E-state index in [-0.39, 0.29) is 0 Å². The van der Waals surface area contributed by atoms with E-state index in [2.05, 4.69) is 26.0 Å². The highest BCUT2D eigenvalue weighted by molar-refractivity contribution is 4.81. The molecule has 0 aliphatic rings. The summed E-state index contributed by atoms with van der Waals surface area (Å²) in [7, 11) is 0. The maximum Gasteiger partial charge on any atom is -0.0351 e. The third-order valence-electron chi connectivity index (χ3n) is 8.12. The standard InChI is InChI=1S/C36H72/c1-3-5-7-9-11-13-15-17-19-21-23-25-27-29-31-33-35-36-34-32-30-28-26-24-22-20-18-16-14-12-10-8-6-4-2/h17,19H,3-16,18,20-36H2,1-2H3/b19-17-. The number of unbranched alkanes of at least 4 members (excludes halogenated alkanes) is 30. The number of allylic oxidation sites excluding steroid dienone is 2. The number of rotatable bonds is 32. The van der Waals surface area contributed by atoms with Gasteiger partial charge in [0.15, 0.2) is 0 Å². The van der Waals surface area contributed by atoms with Gasteiger partial charge in [-0.3, -0.25) is 0 Å². The van der Waals surface area contributed by atoms with Crippen molar-refractivity contribution in [2.45, 2.75) is 219 Å². The molecule has 36 heavy (non-hydrogen) atoms. The Labute approximate surface area is 231 Å². The molecule has 0 saturated heterocycles. The van der Waals surface area contributed by atoms with Crippen LogP contribution in [0.2, 0.25) is 0 Å². The first-order valence-electron chi connectivity index (χ1n) is 17.6. The van der Waals surface area contributed by atoms with E-state index in [9.17, 15) is 0 Å². The smallest absolute Gasteiger partial charge is 0.0351 e. The number of hydrogen-bond donors (Lipinski definition) is 0. The van der Waals surface area contributed by atoms with Gasteiger partial charge >= 0.3 is 0 Å². The van der Waals surface area contributed by atoms with Gasteiger partial charge in [-0.1, -0.05) is 206 Å². The van der Waals surface area contributed by atoms with Crippen molar-refractivity contribution in [1.29, 1.82) is 0 Å². The molecule has 0 amide bonds. The van der Waals surface area contributed by atoms with E-state index in [1.807, 2.05) is 0 Å². The Morgan fingerprint density at radius 1 is 0.222 bits per heavy atom. The molecule has 0 radical (unpaired) electrons. The van der Waals surface area contributed by atoms with Crippen molar-refractivity contribution in [2.75, 3.05) is 0 Å². The SMILES string of the molecule is CCCCCCCC/C=C\CCCCCCCCCCCCCCCCCCCCCCCCCC. The average molecular weight is 505 g/mol. The van der Waals surface area contributed by atoms with E-state index in [4.69, 9.17) is 0 Å². The van der Waals surface area contributed by atoms with Gasteiger partial charge in [0.1, 0.15) is 0 Å². The zero-order valence-corrected chi connectivity index (χ0v) is 25.8. The summed E-state index contributed by atoms with van der Waals surface area (Å²) >= 11 is 0. The normalized spacial score (nSPS) is 11.7. The second-order valence-electron chi connectivity index (χ2n) is 11.9. The summed E-state index contributed by atoms with van der Waals surface area (Å²) in [6.45, 7) is 4.60. The molecule has 0 aliphatic carbocycles. The molecule has 0 bridgehead atoms. The van der Waals surface area contributed by atoms with Gasteiger partial charge in [0.05, 0.1) is 0 Å². The molecule has 0 heterocycles. The fourth-order valence-corrected chi connectivity index (χ4v) is 5.50. The molecule has 0 atom stereocenters. The first-order valence-corrected chi connectivity index (χ1v) is 17.6. The van der Waals surface area contributed by atoms with Crippen LogP contribution < -0.4 is 0 Å². The highest BCUT2D eigenvalue weighted by atomic mass is 14.0. The van der Waals surface area contributed by atoms with Crippen molar-refractivity contribution in [3.63, 3.8) is 0 Å². The minimum atomic E-state index is 1.31. The van der Waals surface area contributed by atoms with Crippen LogP contribution in [0.3, 0.4) is 0 Å². The summed E-state index contributed by atoms with van der Waals surface area (Å²) in [5.74, 6) is 0. The van der Waals surface area contributed by atoms with Crippen molar-refractivity contribution >= 4 is 0 Å². The van der Waals surface area contributed by atoms with Gasteiger partial charge in [-0.05, 0) is 25.7 Å². The van der Waals surface area contributed by atoms with Gasteiger partial charge in [0.25, 0.3) is 0 Å². The quantitative estimate of drug-likeness (QED) is 0.0631. The first kappa shape index (κ1) is 35.7. The van der Waals surface area contributed by atoms with Crippen molar-refractivity contribution in [3.8, 4) is 0 Å². The lowest BCUT2D eigenvalue weighted by atomic mass is 10.0. The van der Waals surface area contributed by atoms with Gasteiger partial charge in [-0.15, -0.1) is 0 Å². The Morgan fingerprint density at radius 3 is 0.583 bits per heavy atom. The molecule has 0 heteroatoms. The van der Waals surface area contributed by atoms with Crippen LogP contribution in [0.25, 0.3) is 0 Å². The van der Waals surface area contributed by atoms with E-state index < -0.39 is 0 Å². The topological polar surface area (TPSA) is 0 Å². The minimum Gasteiger partial charge on any atom is -0.0885 e. The maximum absolute atomic E-state index is 2.45. The van der Waals surface area contributed by atoms with Crippen LogP contribution in [0.4, 0.5) is 0 Å². The van der Waals surface area contributed by atoms with E-state index in [0.717, 1.165) is 0 Å². The molecule has 0 spiro atoms. The van der Waals surface area contributed by atoms with Crippen LogP contribution in [0.5, 0.6) is 0 Å². The second-order valence-corrected chi connectivity index (χ2v) is 11.9. The van der Waals surface area contributed by atoms with Crippen LogP contribution in [0.15, 0.2) is 12.2 Å². The van der Waals surface area contributed by atoms with Crippen LogP contribution in [0, 0.1) is 0 Å². The fraction of sp³-hybridized carbons (Fsp3) is 0.944. The third kappa shape index (κ3) is 33.7. The predicted molar refractivity (Wildman–Crippen MR) is 168 cm³/mol. The van der Waals surface area contributed by atoms with E-state index in [0.29, 0.717) is 0 Å². The monoisotopic (exact) mass is 505 g/mol. The minimum absolute atomic E-state index is 1.31. The van der Waals surface area contributed by atoms with Gasteiger partial charge in [-0.2, -0.15) is 0 Å². The Bertz CT molecular complexity index is 381. The summed E-state index contributed by atoms with van der Waals surface area (Å²) in [5, 5.41) is 0. The maximum atomic E-state index is 2.45. The molecule has 0 aromatic heterocycles. The van der Waals surface area contributed by atoms with Crippen LogP contribution in [0.1, 0.15) is 219 Å². The van der Waals surface area contributed by atoms with Crippen molar-refractivity contribution in [1.82, 2.24) is 0 Å². The molecule has 0 nitrogen and oxygen atoms in total. The summed E-state index contributed by atoms with van der Waals surface area (Å²) in [4.78, 5) is 0. The summed E-state index contributed by atoms with van der Waals surface area (Å²) < 4.78 is 0. The average Bonchev–Trinajstić information content (AvgIpc) is 2.89. The van der Waals surface area contributed by atoms with Gasteiger partial charge < -0.3 is 0 Å². The van der Waals surface area contributed by atoms with Crippen molar-refractivity contribution < 1.29 is 0 Å². The van der Waals surface area contributed by atoms with E-state index in [1.165, 1.54) is 205 Å². The van der Waals surface area contributed by atoms with Gasteiger partial charge in [0.2, 0.25) is 0 Å². The lowest BCUT2D eigenvalue weighted by Crippen LogP contribution is -1.84. The van der Waals surface area contributed by atoms with Crippen molar-refractivity contribution in [2.24, 2.45) is 0 Å². The van der Waals surface area contributed by atoms with E-state index in [1.54, 1.807) is 0 Å². The Kier molecular flexibility index (Phi) is 34.5. The molecule has 0 N–H and O–H groups in total. The Hall–Kier alpha value is -0.260.